The van der Waals surface area contributed by atoms with E-state index in [2.05, 4.69) is 5.32 Å². The number of rotatable bonds is 6. The number of ketones is 1. The highest BCUT2D eigenvalue weighted by molar-refractivity contribution is 8.00. The second-order valence-electron chi connectivity index (χ2n) is 7.13. The monoisotopic (exact) mass is 420 g/mol. The molecule has 28 heavy (non-hydrogen) atoms. The fourth-order valence-electron chi connectivity index (χ4n) is 3.66. The summed E-state index contributed by atoms with van der Waals surface area (Å²) < 4.78 is 25.6. The van der Waals surface area contributed by atoms with Crippen molar-refractivity contribution in [3.63, 3.8) is 0 Å². The Morgan fingerprint density at radius 2 is 1.89 bits per heavy atom. The lowest BCUT2D eigenvalue weighted by Crippen LogP contribution is -2.14. The number of hydrogen-bond donors (Lipinski definition) is 1. The number of amides is 1. The number of carbonyl (C=O) groups is 2. The van der Waals surface area contributed by atoms with Crippen LogP contribution in [-0.2, 0) is 14.6 Å². The normalized spacial score (nSPS) is 18.2. The molecule has 1 aliphatic heterocycles. The molecule has 0 spiro atoms. The van der Waals surface area contributed by atoms with Gasteiger partial charge in [-0.1, -0.05) is 0 Å². The molecule has 1 aliphatic rings. The first-order valence-electron chi connectivity index (χ1n) is 9.09. The SMILES string of the molecule is CC(=O)Nc1ccc(SCC(=O)c2cc(C)n([C@H]3CCS(=O)(=O)C3)c2C)cc1. The molecule has 0 radical (unpaired) electrons. The van der Waals surface area contributed by atoms with Gasteiger partial charge in [0.05, 0.1) is 17.3 Å². The minimum atomic E-state index is -2.98. The summed E-state index contributed by atoms with van der Waals surface area (Å²) in [6, 6.07) is 9.14. The fourth-order valence-corrected chi connectivity index (χ4v) is 6.15. The van der Waals surface area contributed by atoms with Crippen molar-refractivity contribution < 1.29 is 18.0 Å². The first-order chi connectivity index (χ1) is 13.2. The van der Waals surface area contributed by atoms with Gasteiger partial charge in [-0.15, -0.1) is 11.8 Å². The van der Waals surface area contributed by atoms with Gasteiger partial charge in [0, 0.05) is 40.5 Å². The summed E-state index contributed by atoms with van der Waals surface area (Å²) >= 11 is 1.44. The molecule has 1 atom stereocenters. The average molecular weight is 421 g/mol. The number of hydrogen-bond acceptors (Lipinski definition) is 5. The van der Waals surface area contributed by atoms with Crippen LogP contribution >= 0.6 is 11.8 Å². The zero-order valence-corrected chi connectivity index (χ0v) is 17.8. The molecule has 0 aliphatic carbocycles. The standard InChI is InChI=1S/C20H24N2O4S2/c1-13-10-19(14(2)22(13)17-8-9-28(25,26)12-17)20(24)11-27-18-6-4-16(5-7-18)21-15(3)23/h4-7,10,17H,8-9,11-12H2,1-3H3,(H,21,23)/t17-/m0/s1. The van der Waals surface area contributed by atoms with E-state index in [0.717, 1.165) is 22.0 Å². The van der Waals surface area contributed by atoms with Crippen LogP contribution in [0.3, 0.4) is 0 Å². The molecule has 1 aromatic heterocycles. The van der Waals surface area contributed by atoms with Crippen molar-refractivity contribution in [1.29, 1.82) is 0 Å². The van der Waals surface area contributed by atoms with Crippen LogP contribution in [0.4, 0.5) is 5.69 Å². The van der Waals surface area contributed by atoms with Gasteiger partial charge in [-0.2, -0.15) is 0 Å². The van der Waals surface area contributed by atoms with Gasteiger partial charge in [0.25, 0.3) is 0 Å². The maximum Gasteiger partial charge on any atom is 0.221 e. The topological polar surface area (TPSA) is 85.2 Å². The molecule has 1 N–H and O–H groups in total. The molecule has 1 saturated heterocycles. The molecule has 1 aromatic carbocycles. The lowest BCUT2D eigenvalue weighted by atomic mass is 10.2. The Morgan fingerprint density at radius 1 is 1.21 bits per heavy atom. The Morgan fingerprint density at radius 3 is 2.46 bits per heavy atom. The first-order valence-corrected chi connectivity index (χ1v) is 11.9. The predicted molar refractivity (Wildman–Crippen MR) is 112 cm³/mol. The Labute approximate surface area is 169 Å². The van der Waals surface area contributed by atoms with Crippen molar-refractivity contribution >= 4 is 39.0 Å². The largest absolute Gasteiger partial charge is 0.344 e. The van der Waals surface area contributed by atoms with Crippen molar-refractivity contribution in [2.45, 2.75) is 38.1 Å². The minimum absolute atomic E-state index is 0.0242. The number of sulfone groups is 1. The molecule has 150 valence electrons. The van der Waals surface area contributed by atoms with Crippen LogP contribution in [0.5, 0.6) is 0 Å². The summed E-state index contributed by atoms with van der Waals surface area (Å²) in [5.41, 5.74) is 3.14. The third kappa shape index (κ3) is 4.67. The van der Waals surface area contributed by atoms with Gasteiger partial charge in [-0.25, -0.2) is 8.42 Å². The molecule has 8 heteroatoms. The highest BCUT2D eigenvalue weighted by Crippen LogP contribution is 2.30. The molecule has 2 aromatic rings. The second kappa shape index (κ2) is 8.13. The van der Waals surface area contributed by atoms with Crippen LogP contribution in [0, 0.1) is 13.8 Å². The summed E-state index contributed by atoms with van der Waals surface area (Å²) in [4.78, 5) is 24.8. The van der Waals surface area contributed by atoms with Gasteiger partial charge in [0.15, 0.2) is 15.6 Å². The van der Waals surface area contributed by atoms with Crippen LogP contribution in [0.1, 0.15) is 41.1 Å². The molecular weight excluding hydrogens is 396 g/mol. The lowest BCUT2D eigenvalue weighted by molar-refractivity contribution is -0.114. The van der Waals surface area contributed by atoms with Gasteiger partial charge in [0.2, 0.25) is 5.91 Å². The molecule has 2 heterocycles. The second-order valence-corrected chi connectivity index (χ2v) is 10.4. The number of nitrogens with zero attached hydrogens (tertiary/aromatic N) is 1. The average Bonchev–Trinajstić information content (AvgIpc) is 3.11. The smallest absolute Gasteiger partial charge is 0.221 e. The molecule has 3 rings (SSSR count). The minimum Gasteiger partial charge on any atom is -0.344 e. The number of Topliss-reactive ketones (excluding diaryl/α,β-unsaturated/α-hetero) is 1. The first kappa shape index (κ1) is 20.7. The van der Waals surface area contributed by atoms with E-state index in [9.17, 15) is 18.0 Å². The van der Waals surface area contributed by atoms with Crippen LogP contribution in [0.25, 0.3) is 0 Å². The van der Waals surface area contributed by atoms with Gasteiger partial charge >= 0.3 is 0 Å². The van der Waals surface area contributed by atoms with E-state index in [4.69, 9.17) is 0 Å². The molecular formula is C20H24N2O4S2. The summed E-state index contributed by atoms with van der Waals surface area (Å²) in [5.74, 6) is 0.554. The molecule has 6 nitrogen and oxygen atoms in total. The maximum atomic E-state index is 12.7. The molecule has 1 amide bonds. The number of aromatic nitrogens is 1. The number of aryl methyl sites for hydroxylation is 1. The molecule has 0 saturated carbocycles. The van der Waals surface area contributed by atoms with E-state index in [1.807, 2.05) is 36.6 Å². The van der Waals surface area contributed by atoms with Crippen molar-refractivity contribution in [2.75, 3.05) is 22.6 Å². The van der Waals surface area contributed by atoms with E-state index in [1.54, 1.807) is 12.1 Å². The van der Waals surface area contributed by atoms with Crippen LogP contribution in [-0.4, -0.2) is 41.9 Å². The van der Waals surface area contributed by atoms with Crippen LogP contribution in [0.15, 0.2) is 35.2 Å². The lowest BCUT2D eigenvalue weighted by Gasteiger charge is -2.16. The number of carbonyl (C=O) groups excluding carboxylic acids is 2. The predicted octanol–water partition coefficient (Wildman–Crippen LogP) is 3.40. The zero-order chi connectivity index (χ0) is 20.5. The van der Waals surface area contributed by atoms with E-state index in [0.29, 0.717) is 17.7 Å². The summed E-state index contributed by atoms with van der Waals surface area (Å²) in [6.07, 6.45) is 0.599. The fraction of sp³-hybridized carbons (Fsp3) is 0.400. The summed E-state index contributed by atoms with van der Waals surface area (Å²) in [7, 11) is -2.98. The van der Waals surface area contributed by atoms with Crippen molar-refractivity contribution in [2.24, 2.45) is 0 Å². The maximum absolute atomic E-state index is 12.7. The molecule has 0 unspecified atom stereocenters. The summed E-state index contributed by atoms with van der Waals surface area (Å²) in [6.45, 7) is 5.26. The molecule has 1 fully saturated rings. The van der Waals surface area contributed by atoms with E-state index >= 15 is 0 Å². The quantitative estimate of drug-likeness (QED) is 0.572. The van der Waals surface area contributed by atoms with Gasteiger partial charge < -0.3 is 9.88 Å². The Balaban J connectivity index is 1.68. The van der Waals surface area contributed by atoms with E-state index < -0.39 is 9.84 Å². The van der Waals surface area contributed by atoms with Gasteiger partial charge in [0.1, 0.15) is 0 Å². The van der Waals surface area contributed by atoms with Gasteiger partial charge in [-0.05, 0) is 50.6 Å². The van der Waals surface area contributed by atoms with E-state index in [1.165, 1.54) is 18.7 Å². The highest BCUT2D eigenvalue weighted by Gasteiger charge is 2.31. The number of nitrogens with one attached hydrogen (secondary N) is 1. The number of anilines is 1. The van der Waals surface area contributed by atoms with Gasteiger partial charge in [-0.3, -0.25) is 9.59 Å². The Kier molecular flexibility index (Phi) is 6.00. The Hall–Kier alpha value is -2.06. The van der Waals surface area contributed by atoms with Crippen LogP contribution in [0.2, 0.25) is 0 Å². The molecule has 0 bridgehead atoms. The summed E-state index contributed by atoms with van der Waals surface area (Å²) in [5, 5.41) is 2.71. The third-order valence-corrected chi connectivity index (χ3v) is 7.67. The zero-order valence-electron chi connectivity index (χ0n) is 16.2. The Bertz CT molecular complexity index is 1010. The van der Waals surface area contributed by atoms with Crippen molar-refractivity contribution in [3.8, 4) is 0 Å². The highest BCUT2D eigenvalue weighted by atomic mass is 32.2. The number of benzene rings is 1. The van der Waals surface area contributed by atoms with E-state index in [-0.39, 0.29) is 29.2 Å². The van der Waals surface area contributed by atoms with Crippen molar-refractivity contribution in [3.05, 3.63) is 47.3 Å². The van der Waals surface area contributed by atoms with Crippen molar-refractivity contribution in [1.82, 2.24) is 4.57 Å². The van der Waals surface area contributed by atoms with Crippen LogP contribution < -0.4 is 5.32 Å². The third-order valence-electron chi connectivity index (χ3n) is 4.90. The number of thioether (sulfide) groups is 1.